The summed E-state index contributed by atoms with van der Waals surface area (Å²) in [5, 5.41) is 10.1. The fraction of sp³-hybridized carbons (Fsp3) is 0.647. The van der Waals surface area contributed by atoms with Gasteiger partial charge in [-0.15, -0.1) is 0 Å². The molecule has 0 amide bonds. The summed E-state index contributed by atoms with van der Waals surface area (Å²) in [7, 11) is 0. The van der Waals surface area contributed by atoms with E-state index in [4.69, 9.17) is 4.74 Å². The molecule has 0 atom stereocenters. The van der Waals surface area contributed by atoms with Crippen LogP contribution in [0.4, 0.5) is 0 Å². The average Bonchev–Trinajstić information content (AvgIpc) is 2.51. The molecule has 1 saturated carbocycles. The van der Waals surface area contributed by atoms with Crippen molar-refractivity contribution in [2.45, 2.75) is 44.6 Å². The molecule has 0 aromatic heterocycles. The molecule has 2 aliphatic rings. The van der Waals surface area contributed by atoms with E-state index in [1.165, 1.54) is 37.7 Å². The summed E-state index contributed by atoms with van der Waals surface area (Å²) in [6.07, 6.45) is 6.70. The molecule has 1 heterocycles. The van der Waals surface area contributed by atoms with E-state index in [-0.39, 0.29) is 0 Å². The molecule has 0 spiro atoms. The molecule has 2 fully saturated rings. The molecule has 3 rings (SSSR count). The molecule has 0 radical (unpaired) electrons. The Morgan fingerprint density at radius 1 is 1.10 bits per heavy atom. The van der Waals surface area contributed by atoms with E-state index < -0.39 is 0 Å². The van der Waals surface area contributed by atoms with Crippen molar-refractivity contribution in [2.75, 3.05) is 26.3 Å². The van der Waals surface area contributed by atoms with Crippen LogP contribution in [0.2, 0.25) is 0 Å². The lowest BCUT2D eigenvalue weighted by Gasteiger charge is -2.28. The number of nitrogens with zero attached hydrogens (tertiary/aromatic N) is 1. The third-order valence-electron chi connectivity index (χ3n) is 4.68. The molecule has 20 heavy (non-hydrogen) atoms. The highest BCUT2D eigenvalue weighted by molar-refractivity contribution is 5.37. The van der Waals surface area contributed by atoms with Crippen molar-refractivity contribution in [3.8, 4) is 5.75 Å². The number of hydrogen-bond acceptors (Lipinski definition) is 3. The standard InChI is InChI=1S/C17H25NO2/c19-17-7-6-15(14-4-2-1-3-5-14)12-16(17)13-18-8-10-20-11-9-18/h6-7,12,14,19H,1-5,8-11,13H2. The molecule has 0 bridgehead atoms. The quantitative estimate of drug-likeness (QED) is 0.919. The van der Waals surface area contributed by atoms with Crippen LogP contribution >= 0.6 is 0 Å². The topological polar surface area (TPSA) is 32.7 Å². The number of phenols is 1. The summed E-state index contributed by atoms with van der Waals surface area (Å²) < 4.78 is 5.38. The number of aromatic hydroxyl groups is 1. The monoisotopic (exact) mass is 275 g/mol. The molecule has 1 aliphatic heterocycles. The van der Waals surface area contributed by atoms with Gasteiger partial charge in [0.2, 0.25) is 0 Å². The molecule has 3 heteroatoms. The van der Waals surface area contributed by atoms with E-state index in [1.807, 2.05) is 6.07 Å². The number of ether oxygens (including phenoxy) is 1. The Morgan fingerprint density at radius 3 is 2.60 bits per heavy atom. The molecule has 1 aromatic carbocycles. The lowest BCUT2D eigenvalue weighted by Crippen LogP contribution is -2.35. The molecule has 1 aliphatic carbocycles. The van der Waals surface area contributed by atoms with Crippen molar-refractivity contribution < 1.29 is 9.84 Å². The Balaban J connectivity index is 1.72. The van der Waals surface area contributed by atoms with Crippen molar-refractivity contribution in [3.63, 3.8) is 0 Å². The second-order valence-electron chi connectivity index (χ2n) is 6.11. The van der Waals surface area contributed by atoms with Crippen molar-refractivity contribution in [2.24, 2.45) is 0 Å². The molecule has 3 nitrogen and oxygen atoms in total. The van der Waals surface area contributed by atoms with Crippen LogP contribution in [0, 0.1) is 0 Å². The SMILES string of the molecule is Oc1ccc(C2CCCCC2)cc1CN1CCOCC1. The summed E-state index contributed by atoms with van der Waals surface area (Å²) in [5.74, 6) is 1.14. The largest absolute Gasteiger partial charge is 0.508 e. The van der Waals surface area contributed by atoms with Crippen LogP contribution in [0.3, 0.4) is 0 Å². The van der Waals surface area contributed by atoms with Gasteiger partial charge in [-0.3, -0.25) is 4.90 Å². The van der Waals surface area contributed by atoms with E-state index in [2.05, 4.69) is 17.0 Å². The van der Waals surface area contributed by atoms with Gasteiger partial charge in [0.25, 0.3) is 0 Å². The van der Waals surface area contributed by atoms with Gasteiger partial charge >= 0.3 is 0 Å². The molecule has 1 aromatic rings. The highest BCUT2D eigenvalue weighted by atomic mass is 16.5. The fourth-order valence-corrected chi connectivity index (χ4v) is 3.42. The van der Waals surface area contributed by atoms with Gasteiger partial charge in [0.1, 0.15) is 5.75 Å². The molecular weight excluding hydrogens is 250 g/mol. The zero-order valence-electron chi connectivity index (χ0n) is 12.2. The Bertz CT molecular complexity index is 435. The van der Waals surface area contributed by atoms with Gasteiger partial charge in [-0.2, -0.15) is 0 Å². The summed E-state index contributed by atoms with van der Waals surface area (Å²) in [4.78, 5) is 2.36. The number of rotatable bonds is 3. The van der Waals surface area contributed by atoms with Crippen LogP contribution in [0.15, 0.2) is 18.2 Å². The molecule has 1 N–H and O–H groups in total. The maximum absolute atomic E-state index is 10.1. The minimum absolute atomic E-state index is 0.441. The second-order valence-corrected chi connectivity index (χ2v) is 6.11. The van der Waals surface area contributed by atoms with Gasteiger partial charge in [0, 0.05) is 25.2 Å². The first-order valence-electron chi connectivity index (χ1n) is 7.95. The summed E-state index contributed by atoms with van der Waals surface area (Å²) in [6.45, 7) is 4.39. The smallest absolute Gasteiger partial charge is 0.120 e. The fourth-order valence-electron chi connectivity index (χ4n) is 3.42. The van der Waals surface area contributed by atoms with Crippen LogP contribution in [0.1, 0.15) is 49.1 Å². The zero-order valence-corrected chi connectivity index (χ0v) is 12.2. The number of hydrogen-bond donors (Lipinski definition) is 1. The van der Waals surface area contributed by atoms with E-state index in [9.17, 15) is 5.11 Å². The van der Waals surface area contributed by atoms with Gasteiger partial charge in [0.15, 0.2) is 0 Å². The first-order chi connectivity index (χ1) is 9.83. The average molecular weight is 275 g/mol. The third-order valence-corrected chi connectivity index (χ3v) is 4.68. The maximum Gasteiger partial charge on any atom is 0.120 e. The zero-order chi connectivity index (χ0) is 13.8. The van der Waals surface area contributed by atoms with Crippen molar-refractivity contribution in [1.29, 1.82) is 0 Å². The first-order valence-corrected chi connectivity index (χ1v) is 7.95. The van der Waals surface area contributed by atoms with Gasteiger partial charge < -0.3 is 9.84 Å². The van der Waals surface area contributed by atoms with Gasteiger partial charge in [-0.1, -0.05) is 31.4 Å². The maximum atomic E-state index is 10.1. The van der Waals surface area contributed by atoms with Crippen LogP contribution in [0.5, 0.6) is 5.75 Å². The van der Waals surface area contributed by atoms with E-state index in [1.54, 1.807) is 0 Å². The molecule has 1 saturated heterocycles. The summed E-state index contributed by atoms with van der Waals surface area (Å²) in [6, 6.07) is 6.24. The Hall–Kier alpha value is -1.06. The highest BCUT2D eigenvalue weighted by Gasteiger charge is 2.18. The molecular formula is C17H25NO2. The Kier molecular flexibility index (Phi) is 4.58. The van der Waals surface area contributed by atoms with Gasteiger partial charge in [-0.25, -0.2) is 0 Å². The lowest BCUT2D eigenvalue weighted by molar-refractivity contribution is 0.0339. The third kappa shape index (κ3) is 3.33. The van der Waals surface area contributed by atoms with E-state index >= 15 is 0 Å². The Labute approximate surface area is 121 Å². The summed E-state index contributed by atoms with van der Waals surface area (Å²) in [5.41, 5.74) is 2.50. The van der Waals surface area contributed by atoms with Crippen LogP contribution in [-0.4, -0.2) is 36.3 Å². The minimum Gasteiger partial charge on any atom is -0.508 e. The normalized spacial score (nSPS) is 22.0. The van der Waals surface area contributed by atoms with Crippen LogP contribution < -0.4 is 0 Å². The first kappa shape index (κ1) is 13.9. The van der Waals surface area contributed by atoms with Gasteiger partial charge in [-0.05, 0) is 30.4 Å². The van der Waals surface area contributed by atoms with Crippen molar-refractivity contribution in [1.82, 2.24) is 4.90 Å². The predicted octanol–water partition coefficient (Wildman–Crippen LogP) is 3.27. The minimum atomic E-state index is 0.441. The van der Waals surface area contributed by atoms with Crippen LogP contribution in [-0.2, 0) is 11.3 Å². The number of morpholine rings is 1. The number of benzene rings is 1. The molecule has 110 valence electrons. The number of phenolic OH excluding ortho intramolecular Hbond substituents is 1. The summed E-state index contributed by atoms with van der Waals surface area (Å²) >= 11 is 0. The Morgan fingerprint density at radius 2 is 1.85 bits per heavy atom. The molecule has 0 unspecified atom stereocenters. The highest BCUT2D eigenvalue weighted by Crippen LogP contribution is 2.34. The van der Waals surface area contributed by atoms with Crippen molar-refractivity contribution in [3.05, 3.63) is 29.3 Å². The van der Waals surface area contributed by atoms with Gasteiger partial charge in [0.05, 0.1) is 13.2 Å². The lowest BCUT2D eigenvalue weighted by atomic mass is 9.83. The predicted molar refractivity (Wildman–Crippen MR) is 80.0 cm³/mol. The van der Waals surface area contributed by atoms with Crippen LogP contribution in [0.25, 0.3) is 0 Å². The second kappa shape index (κ2) is 6.59. The van der Waals surface area contributed by atoms with E-state index in [0.29, 0.717) is 11.7 Å². The van der Waals surface area contributed by atoms with E-state index in [0.717, 1.165) is 38.4 Å². The van der Waals surface area contributed by atoms with Crippen molar-refractivity contribution >= 4 is 0 Å².